The average molecular weight is 889 g/mol. The lowest BCUT2D eigenvalue weighted by Crippen LogP contribution is -2.45. The van der Waals surface area contributed by atoms with Crippen molar-refractivity contribution in [2.24, 2.45) is 0 Å². The van der Waals surface area contributed by atoms with Gasteiger partial charge >= 0.3 is 5.97 Å². The minimum absolute atomic E-state index is 0.00270. The molecule has 0 aliphatic carbocycles. The molecule has 0 spiro atoms. The summed E-state index contributed by atoms with van der Waals surface area (Å²) in [5.41, 5.74) is 0. The topological polar surface area (TPSA) is 95.9 Å². The SMILES string of the molecule is CCCC/C=C\C/C=C\CCCCCCCC(=O)OCCCCCCCCCCCCCCCCCCCCCCCC(=O)NC(CO)C(O)CCCCCCCCCCCCC. The van der Waals surface area contributed by atoms with Crippen LogP contribution in [0.4, 0.5) is 0 Å². The number of nitrogens with one attached hydrogen (secondary N) is 1. The van der Waals surface area contributed by atoms with Crippen LogP contribution in [0, 0.1) is 0 Å². The second kappa shape index (κ2) is 53.0. The Morgan fingerprint density at radius 2 is 0.810 bits per heavy atom. The van der Waals surface area contributed by atoms with Crippen molar-refractivity contribution >= 4 is 11.9 Å². The highest BCUT2D eigenvalue weighted by Crippen LogP contribution is 2.17. The fraction of sp³-hybridized carbons (Fsp3) is 0.895. The molecule has 3 N–H and O–H groups in total. The van der Waals surface area contributed by atoms with Crippen molar-refractivity contribution in [1.29, 1.82) is 0 Å². The average Bonchev–Trinajstić information content (AvgIpc) is 3.28. The van der Waals surface area contributed by atoms with Crippen molar-refractivity contribution in [3.63, 3.8) is 0 Å². The van der Waals surface area contributed by atoms with Crippen molar-refractivity contribution < 1.29 is 24.5 Å². The normalized spacial score (nSPS) is 12.8. The number of amides is 1. The molecule has 0 saturated carbocycles. The van der Waals surface area contributed by atoms with Crippen LogP contribution >= 0.6 is 0 Å². The smallest absolute Gasteiger partial charge is 0.305 e. The predicted molar refractivity (Wildman–Crippen MR) is 273 cm³/mol. The number of rotatable bonds is 52. The zero-order valence-electron chi connectivity index (χ0n) is 42.3. The van der Waals surface area contributed by atoms with E-state index in [-0.39, 0.29) is 18.5 Å². The van der Waals surface area contributed by atoms with E-state index in [1.807, 2.05) is 0 Å². The molecule has 0 saturated heterocycles. The first-order valence-corrected chi connectivity index (χ1v) is 28.1. The lowest BCUT2D eigenvalue weighted by atomic mass is 10.0. The van der Waals surface area contributed by atoms with Crippen LogP contribution in [0.25, 0.3) is 0 Å². The second-order valence-corrected chi connectivity index (χ2v) is 19.3. The Bertz CT molecular complexity index is 982. The van der Waals surface area contributed by atoms with Crippen LogP contribution in [-0.2, 0) is 14.3 Å². The van der Waals surface area contributed by atoms with E-state index in [1.54, 1.807) is 0 Å². The molecule has 0 aliphatic heterocycles. The molecule has 1 amide bonds. The van der Waals surface area contributed by atoms with Crippen molar-refractivity contribution in [1.82, 2.24) is 5.32 Å². The largest absolute Gasteiger partial charge is 0.466 e. The number of aliphatic hydroxyl groups is 2. The molecule has 63 heavy (non-hydrogen) atoms. The van der Waals surface area contributed by atoms with Gasteiger partial charge in [0.2, 0.25) is 5.91 Å². The summed E-state index contributed by atoms with van der Waals surface area (Å²) in [6.07, 6.45) is 63.1. The molecule has 0 aromatic heterocycles. The lowest BCUT2D eigenvalue weighted by molar-refractivity contribution is -0.143. The third-order valence-electron chi connectivity index (χ3n) is 13.0. The molecule has 6 nitrogen and oxygen atoms in total. The Kier molecular flexibility index (Phi) is 51.6. The zero-order chi connectivity index (χ0) is 45.8. The van der Waals surface area contributed by atoms with Gasteiger partial charge in [0.1, 0.15) is 0 Å². The summed E-state index contributed by atoms with van der Waals surface area (Å²) in [6, 6.07) is -0.540. The molecule has 0 radical (unpaired) electrons. The van der Waals surface area contributed by atoms with Crippen LogP contribution in [-0.4, -0.2) is 47.4 Å². The molecule has 0 bridgehead atoms. The molecule has 0 fully saturated rings. The molecule has 0 aromatic rings. The molecule has 6 heteroatoms. The van der Waals surface area contributed by atoms with E-state index in [0.29, 0.717) is 25.9 Å². The Labute approximate surface area is 392 Å². The van der Waals surface area contributed by atoms with Crippen LogP contribution in [0.15, 0.2) is 24.3 Å². The van der Waals surface area contributed by atoms with E-state index in [0.717, 1.165) is 51.4 Å². The van der Waals surface area contributed by atoms with E-state index in [2.05, 4.69) is 43.5 Å². The van der Waals surface area contributed by atoms with Gasteiger partial charge in [-0.3, -0.25) is 9.59 Å². The fourth-order valence-electron chi connectivity index (χ4n) is 8.66. The number of hydrogen-bond acceptors (Lipinski definition) is 5. The maximum Gasteiger partial charge on any atom is 0.305 e. The third kappa shape index (κ3) is 49.6. The molecular weight excluding hydrogens is 779 g/mol. The summed E-state index contributed by atoms with van der Waals surface area (Å²) < 4.78 is 5.47. The van der Waals surface area contributed by atoms with Crippen LogP contribution in [0.1, 0.15) is 303 Å². The zero-order valence-corrected chi connectivity index (χ0v) is 42.3. The standard InChI is InChI=1S/C57H109NO5/c1-3-5-7-9-11-13-15-16-27-31-35-39-43-47-51-57(62)63-52-48-44-40-36-32-28-25-23-21-19-17-18-20-22-24-26-30-34-38-42-46-50-56(61)58-54(53-59)55(60)49-45-41-37-33-29-14-12-10-8-6-4-2/h9,11,15-16,54-55,59-60H,3-8,10,12-14,17-53H2,1-2H3,(H,58,61)/b11-9-,16-15-. The number of ether oxygens (including phenoxy) is 1. The summed E-state index contributed by atoms with van der Waals surface area (Å²) >= 11 is 0. The number of carbonyl (C=O) groups is 2. The summed E-state index contributed by atoms with van der Waals surface area (Å²) in [7, 11) is 0. The summed E-state index contributed by atoms with van der Waals surface area (Å²) in [4.78, 5) is 24.5. The highest BCUT2D eigenvalue weighted by Gasteiger charge is 2.20. The highest BCUT2D eigenvalue weighted by atomic mass is 16.5. The number of unbranched alkanes of at least 4 members (excludes halogenated alkanes) is 37. The van der Waals surface area contributed by atoms with E-state index in [4.69, 9.17) is 4.74 Å². The number of esters is 1. The summed E-state index contributed by atoms with van der Waals surface area (Å²) in [5, 5.41) is 23.2. The minimum Gasteiger partial charge on any atom is -0.466 e. The van der Waals surface area contributed by atoms with Crippen LogP contribution < -0.4 is 5.32 Å². The van der Waals surface area contributed by atoms with E-state index in [9.17, 15) is 19.8 Å². The molecule has 372 valence electrons. The van der Waals surface area contributed by atoms with Gasteiger partial charge in [-0.15, -0.1) is 0 Å². The summed E-state index contributed by atoms with van der Waals surface area (Å²) in [6.45, 7) is 4.90. The summed E-state index contributed by atoms with van der Waals surface area (Å²) in [5.74, 6) is -0.0395. The molecule has 0 aliphatic rings. The number of hydrogen-bond donors (Lipinski definition) is 3. The highest BCUT2D eigenvalue weighted by molar-refractivity contribution is 5.76. The van der Waals surface area contributed by atoms with Crippen molar-refractivity contribution in [2.75, 3.05) is 13.2 Å². The first kappa shape index (κ1) is 61.3. The maximum absolute atomic E-state index is 12.4. The number of aliphatic hydroxyl groups excluding tert-OH is 2. The van der Waals surface area contributed by atoms with Crippen molar-refractivity contribution in [2.45, 2.75) is 315 Å². The monoisotopic (exact) mass is 888 g/mol. The van der Waals surface area contributed by atoms with Gasteiger partial charge in [0.05, 0.1) is 25.4 Å². The quantitative estimate of drug-likeness (QED) is 0.0321. The lowest BCUT2D eigenvalue weighted by Gasteiger charge is -2.22. The van der Waals surface area contributed by atoms with Gasteiger partial charge in [-0.25, -0.2) is 0 Å². The Morgan fingerprint density at radius 3 is 1.25 bits per heavy atom. The van der Waals surface area contributed by atoms with E-state index in [1.165, 1.54) is 218 Å². The van der Waals surface area contributed by atoms with Gasteiger partial charge in [-0.1, -0.05) is 263 Å². The van der Waals surface area contributed by atoms with E-state index >= 15 is 0 Å². The van der Waals surface area contributed by atoms with Gasteiger partial charge < -0.3 is 20.3 Å². The van der Waals surface area contributed by atoms with Gasteiger partial charge in [0.25, 0.3) is 0 Å². The molecule has 0 rings (SSSR count). The van der Waals surface area contributed by atoms with Gasteiger partial charge in [0, 0.05) is 12.8 Å². The van der Waals surface area contributed by atoms with E-state index < -0.39 is 12.1 Å². The van der Waals surface area contributed by atoms with Gasteiger partial charge in [0.15, 0.2) is 0 Å². The first-order valence-electron chi connectivity index (χ1n) is 28.1. The first-order chi connectivity index (χ1) is 31.0. The van der Waals surface area contributed by atoms with Crippen molar-refractivity contribution in [3.05, 3.63) is 24.3 Å². The van der Waals surface area contributed by atoms with Crippen LogP contribution in [0.2, 0.25) is 0 Å². The number of allylic oxidation sites excluding steroid dienone is 4. The molecule has 2 atom stereocenters. The predicted octanol–water partition coefficient (Wildman–Crippen LogP) is 17.1. The second-order valence-electron chi connectivity index (χ2n) is 19.3. The third-order valence-corrected chi connectivity index (χ3v) is 13.0. The minimum atomic E-state index is -0.663. The Morgan fingerprint density at radius 1 is 0.444 bits per heavy atom. The van der Waals surface area contributed by atoms with Crippen molar-refractivity contribution in [3.8, 4) is 0 Å². The molecular formula is C57H109NO5. The molecule has 0 heterocycles. The maximum atomic E-state index is 12.4. The Hall–Kier alpha value is -1.66. The van der Waals surface area contributed by atoms with Crippen LogP contribution in [0.5, 0.6) is 0 Å². The fourth-order valence-corrected chi connectivity index (χ4v) is 8.66. The molecule has 0 aromatic carbocycles. The Balaban J connectivity index is 3.37. The van der Waals surface area contributed by atoms with Gasteiger partial charge in [-0.2, -0.15) is 0 Å². The molecule has 2 unspecified atom stereocenters. The number of carbonyl (C=O) groups excluding carboxylic acids is 2. The van der Waals surface area contributed by atoms with Crippen LogP contribution in [0.3, 0.4) is 0 Å². The van der Waals surface area contributed by atoms with Gasteiger partial charge in [-0.05, 0) is 51.4 Å².